The summed E-state index contributed by atoms with van der Waals surface area (Å²) in [5.74, 6) is -1.61. The molecule has 22 heavy (non-hydrogen) atoms. The summed E-state index contributed by atoms with van der Waals surface area (Å²) in [5, 5.41) is 11.7. The molecule has 1 amide bonds. The molecular weight excluding hydrogens is 286 g/mol. The Hall–Kier alpha value is -3.03. The van der Waals surface area contributed by atoms with Gasteiger partial charge in [-0.3, -0.25) is 9.78 Å². The molecule has 8 nitrogen and oxygen atoms in total. The molecule has 0 aromatic carbocycles. The Morgan fingerprint density at radius 3 is 3.00 bits per heavy atom. The van der Waals surface area contributed by atoms with Crippen LogP contribution in [-0.2, 0) is 22.4 Å². The number of amides is 1. The number of fused-ring (bicyclic) bond motifs is 1. The van der Waals surface area contributed by atoms with Gasteiger partial charge in [0.05, 0.1) is 17.7 Å². The number of aliphatic imine (C=N–C) groups is 1. The van der Waals surface area contributed by atoms with E-state index < -0.39 is 17.9 Å². The van der Waals surface area contributed by atoms with Crippen LogP contribution in [0.3, 0.4) is 0 Å². The van der Waals surface area contributed by atoms with Crippen molar-refractivity contribution in [1.82, 2.24) is 20.3 Å². The average molecular weight is 299 g/mol. The lowest BCUT2D eigenvalue weighted by atomic mass is 10.1. The van der Waals surface area contributed by atoms with E-state index in [1.165, 1.54) is 12.5 Å². The van der Waals surface area contributed by atoms with Crippen molar-refractivity contribution in [2.45, 2.75) is 18.9 Å². The molecule has 112 valence electrons. The number of carboxylic acid groups (broad SMARTS) is 1. The van der Waals surface area contributed by atoms with Gasteiger partial charge in [-0.1, -0.05) is 0 Å². The van der Waals surface area contributed by atoms with Crippen molar-refractivity contribution >= 4 is 23.3 Å². The second-order valence-electron chi connectivity index (χ2n) is 4.85. The molecule has 1 aliphatic heterocycles. The van der Waals surface area contributed by atoms with Crippen LogP contribution >= 0.6 is 0 Å². The molecule has 2 aromatic rings. The summed E-state index contributed by atoms with van der Waals surface area (Å²) in [7, 11) is 0. The summed E-state index contributed by atoms with van der Waals surface area (Å²) in [6.45, 7) is 0. The molecule has 3 N–H and O–H groups in total. The number of hydrogen-bond donors (Lipinski definition) is 3. The molecule has 0 bridgehead atoms. The van der Waals surface area contributed by atoms with Crippen molar-refractivity contribution in [3.8, 4) is 0 Å². The molecule has 0 fully saturated rings. The monoisotopic (exact) mass is 299 g/mol. The number of aliphatic carboxylic acids is 1. The molecule has 0 saturated carbocycles. The Balaban J connectivity index is 1.69. The first-order chi connectivity index (χ1) is 10.6. The third-order valence-corrected chi connectivity index (χ3v) is 3.30. The SMILES string of the molecule is O=C(NC(Cc1cnc[nH]1)C(=O)O)C1=Nc2cccnc2C1. The van der Waals surface area contributed by atoms with Crippen molar-refractivity contribution in [2.75, 3.05) is 0 Å². The number of carbonyl (C=O) groups excluding carboxylic acids is 1. The van der Waals surface area contributed by atoms with E-state index >= 15 is 0 Å². The quantitative estimate of drug-likeness (QED) is 0.730. The second-order valence-corrected chi connectivity index (χ2v) is 4.85. The van der Waals surface area contributed by atoms with Gasteiger partial charge < -0.3 is 15.4 Å². The molecule has 3 rings (SSSR count). The van der Waals surface area contributed by atoms with Gasteiger partial charge in [-0.15, -0.1) is 0 Å². The maximum atomic E-state index is 12.2. The van der Waals surface area contributed by atoms with Crippen molar-refractivity contribution in [1.29, 1.82) is 0 Å². The van der Waals surface area contributed by atoms with Gasteiger partial charge in [0.1, 0.15) is 11.8 Å². The molecule has 0 spiro atoms. The first kappa shape index (κ1) is 13.9. The molecule has 1 unspecified atom stereocenters. The maximum absolute atomic E-state index is 12.2. The average Bonchev–Trinajstić information content (AvgIpc) is 3.15. The van der Waals surface area contributed by atoms with Crippen molar-refractivity contribution in [2.24, 2.45) is 4.99 Å². The van der Waals surface area contributed by atoms with Gasteiger partial charge in [0.15, 0.2) is 0 Å². The number of aromatic amines is 1. The zero-order chi connectivity index (χ0) is 15.5. The van der Waals surface area contributed by atoms with Gasteiger partial charge in [-0.2, -0.15) is 0 Å². The molecule has 0 radical (unpaired) electrons. The highest BCUT2D eigenvalue weighted by Crippen LogP contribution is 2.23. The van der Waals surface area contributed by atoms with Crippen LogP contribution in [0.1, 0.15) is 11.4 Å². The Kier molecular flexibility index (Phi) is 3.65. The van der Waals surface area contributed by atoms with E-state index in [4.69, 9.17) is 0 Å². The number of imidazole rings is 1. The third-order valence-electron chi connectivity index (χ3n) is 3.30. The summed E-state index contributed by atoms with van der Waals surface area (Å²) >= 11 is 0. The van der Waals surface area contributed by atoms with Crippen LogP contribution in [0, 0.1) is 0 Å². The number of aromatic nitrogens is 3. The maximum Gasteiger partial charge on any atom is 0.326 e. The van der Waals surface area contributed by atoms with Crippen LogP contribution in [-0.4, -0.2) is 43.7 Å². The zero-order valence-corrected chi connectivity index (χ0v) is 11.5. The molecule has 0 saturated heterocycles. The van der Waals surface area contributed by atoms with Gasteiger partial charge in [-0.05, 0) is 12.1 Å². The van der Waals surface area contributed by atoms with E-state index in [2.05, 4.69) is 25.3 Å². The minimum absolute atomic E-state index is 0.125. The highest BCUT2D eigenvalue weighted by atomic mass is 16.4. The molecule has 2 aromatic heterocycles. The Labute approximate surface area is 125 Å². The highest BCUT2D eigenvalue weighted by Gasteiger charge is 2.26. The van der Waals surface area contributed by atoms with Gasteiger partial charge in [0, 0.05) is 30.9 Å². The fraction of sp³-hybridized carbons (Fsp3) is 0.214. The number of nitrogens with zero attached hydrogens (tertiary/aromatic N) is 3. The molecule has 1 atom stereocenters. The predicted octanol–water partition coefficient (Wildman–Crippen LogP) is 0.245. The lowest BCUT2D eigenvalue weighted by molar-refractivity contribution is -0.141. The van der Waals surface area contributed by atoms with Crippen LogP contribution < -0.4 is 5.32 Å². The Morgan fingerprint density at radius 2 is 2.32 bits per heavy atom. The van der Waals surface area contributed by atoms with Crippen LogP contribution in [0.25, 0.3) is 0 Å². The second kappa shape index (κ2) is 5.76. The van der Waals surface area contributed by atoms with E-state index in [9.17, 15) is 14.7 Å². The van der Waals surface area contributed by atoms with Gasteiger partial charge in [0.2, 0.25) is 0 Å². The fourth-order valence-corrected chi connectivity index (χ4v) is 2.20. The highest BCUT2D eigenvalue weighted by molar-refractivity contribution is 6.41. The number of rotatable bonds is 5. The summed E-state index contributed by atoms with van der Waals surface area (Å²) in [6, 6.07) is 2.45. The molecule has 3 heterocycles. The van der Waals surface area contributed by atoms with Crippen LogP contribution in [0.5, 0.6) is 0 Å². The van der Waals surface area contributed by atoms with Crippen molar-refractivity contribution in [3.05, 3.63) is 42.2 Å². The third kappa shape index (κ3) is 2.85. The summed E-state index contributed by atoms with van der Waals surface area (Å²) in [4.78, 5) is 38.5. The number of carboxylic acids is 1. The number of nitrogens with one attached hydrogen (secondary N) is 2. The van der Waals surface area contributed by atoms with Crippen LogP contribution in [0.2, 0.25) is 0 Å². The van der Waals surface area contributed by atoms with Crippen molar-refractivity contribution < 1.29 is 14.7 Å². The van der Waals surface area contributed by atoms with Gasteiger partial charge in [0.25, 0.3) is 5.91 Å². The fourth-order valence-electron chi connectivity index (χ4n) is 2.20. The van der Waals surface area contributed by atoms with E-state index in [0.717, 1.165) is 0 Å². The molecular formula is C14H13N5O3. The van der Waals surface area contributed by atoms with E-state index in [0.29, 0.717) is 23.5 Å². The lowest BCUT2D eigenvalue weighted by Gasteiger charge is -2.13. The largest absolute Gasteiger partial charge is 0.480 e. The number of pyridine rings is 1. The zero-order valence-electron chi connectivity index (χ0n) is 11.5. The normalized spacial score (nSPS) is 14.1. The topological polar surface area (TPSA) is 120 Å². The predicted molar refractivity (Wildman–Crippen MR) is 76.9 cm³/mol. The smallest absolute Gasteiger partial charge is 0.326 e. The number of H-pyrrole nitrogens is 1. The van der Waals surface area contributed by atoms with Crippen LogP contribution in [0.15, 0.2) is 35.8 Å². The molecule has 0 aliphatic carbocycles. The summed E-state index contributed by atoms with van der Waals surface area (Å²) in [6.07, 6.45) is 5.04. The summed E-state index contributed by atoms with van der Waals surface area (Å²) < 4.78 is 0. The number of hydrogen-bond acceptors (Lipinski definition) is 5. The van der Waals surface area contributed by atoms with Crippen LogP contribution in [0.4, 0.5) is 5.69 Å². The molecule has 8 heteroatoms. The Bertz CT molecular complexity index is 739. The van der Waals surface area contributed by atoms with Crippen molar-refractivity contribution in [3.63, 3.8) is 0 Å². The standard InChI is InChI=1S/C14H13N5O3/c20-13(11-5-10-9(18-11)2-1-3-16-10)19-12(14(21)22)4-8-6-15-7-17-8/h1-3,6-7,12H,4-5H2,(H,15,17)(H,19,20)(H,21,22). The minimum atomic E-state index is -1.11. The summed E-state index contributed by atoms with van der Waals surface area (Å²) in [5.41, 5.74) is 2.26. The van der Waals surface area contributed by atoms with E-state index in [1.54, 1.807) is 18.3 Å². The van der Waals surface area contributed by atoms with E-state index in [-0.39, 0.29) is 12.1 Å². The number of carbonyl (C=O) groups is 2. The lowest BCUT2D eigenvalue weighted by Crippen LogP contribution is -2.45. The first-order valence-electron chi connectivity index (χ1n) is 6.66. The first-order valence-corrected chi connectivity index (χ1v) is 6.66. The Morgan fingerprint density at radius 1 is 1.45 bits per heavy atom. The van der Waals surface area contributed by atoms with E-state index in [1.807, 2.05) is 0 Å². The van der Waals surface area contributed by atoms with Gasteiger partial charge in [-0.25, -0.2) is 14.8 Å². The minimum Gasteiger partial charge on any atom is -0.480 e. The molecule has 1 aliphatic rings. The van der Waals surface area contributed by atoms with Gasteiger partial charge >= 0.3 is 5.97 Å².